The van der Waals surface area contributed by atoms with Crippen molar-refractivity contribution in [2.45, 2.75) is 32.5 Å². The van der Waals surface area contributed by atoms with Gasteiger partial charge in [-0.05, 0) is 32.9 Å². The Balaban J connectivity index is 1.87. The fourth-order valence-electron chi connectivity index (χ4n) is 1.84. The van der Waals surface area contributed by atoms with Crippen molar-refractivity contribution in [2.24, 2.45) is 0 Å². The Bertz CT molecular complexity index is 716. The van der Waals surface area contributed by atoms with Gasteiger partial charge < -0.3 is 14.2 Å². The Hall–Kier alpha value is -1.71. The molecule has 0 aromatic heterocycles. The number of amides is 1. The van der Waals surface area contributed by atoms with Crippen molar-refractivity contribution in [3.63, 3.8) is 0 Å². The number of carbonyl (C=O) groups excluding carboxylic acids is 1. The number of halogens is 1. The molecule has 1 aromatic rings. The van der Waals surface area contributed by atoms with Crippen molar-refractivity contribution in [2.75, 3.05) is 13.2 Å². The van der Waals surface area contributed by atoms with E-state index in [0.29, 0.717) is 16.5 Å². The van der Waals surface area contributed by atoms with Crippen LogP contribution in [0, 0.1) is 0 Å². The predicted molar refractivity (Wildman–Crippen MR) is 87.7 cm³/mol. The van der Waals surface area contributed by atoms with Crippen LogP contribution in [0.2, 0.25) is 5.02 Å². The summed E-state index contributed by atoms with van der Waals surface area (Å²) >= 11 is 5.85. The Morgan fingerprint density at radius 1 is 1.38 bits per heavy atom. The highest BCUT2D eigenvalue weighted by Crippen LogP contribution is 2.33. The number of hydrogen-bond acceptors (Lipinski definition) is 6. The second-order valence-electron chi connectivity index (χ2n) is 6.10. The molecule has 1 aromatic carbocycles. The molecule has 1 aliphatic rings. The SMILES string of the molecule is CC(C)(C)OC(=O)NS(=O)(=O)NC[C@H]1COc2cc(Cl)ccc2O1. The molecule has 0 saturated heterocycles. The second kappa shape index (κ2) is 7.04. The van der Waals surface area contributed by atoms with Crippen molar-refractivity contribution in [1.82, 2.24) is 9.44 Å². The lowest BCUT2D eigenvalue weighted by atomic mass is 10.2. The molecule has 8 nitrogen and oxygen atoms in total. The first-order valence-electron chi connectivity index (χ1n) is 7.13. The first-order chi connectivity index (χ1) is 11.0. The van der Waals surface area contributed by atoms with Crippen molar-refractivity contribution in [3.05, 3.63) is 23.2 Å². The molecular weight excluding hydrogens is 360 g/mol. The summed E-state index contributed by atoms with van der Waals surface area (Å²) in [6.45, 7) is 4.94. The first-order valence-corrected chi connectivity index (χ1v) is 8.99. The topological polar surface area (TPSA) is 103 Å². The van der Waals surface area contributed by atoms with Gasteiger partial charge in [-0.1, -0.05) is 11.6 Å². The zero-order valence-corrected chi connectivity index (χ0v) is 15.0. The largest absolute Gasteiger partial charge is 0.486 e. The third-order valence-corrected chi connectivity index (χ3v) is 3.96. The Labute approximate surface area is 145 Å². The van der Waals surface area contributed by atoms with Gasteiger partial charge in [0.15, 0.2) is 11.5 Å². The van der Waals surface area contributed by atoms with Gasteiger partial charge in [0.1, 0.15) is 18.3 Å². The molecule has 0 aliphatic carbocycles. The summed E-state index contributed by atoms with van der Waals surface area (Å²) in [6, 6.07) is 4.89. The van der Waals surface area contributed by atoms with Crippen LogP contribution in [0.25, 0.3) is 0 Å². The van der Waals surface area contributed by atoms with Gasteiger partial charge in [0, 0.05) is 11.1 Å². The van der Waals surface area contributed by atoms with Crippen molar-refractivity contribution < 1.29 is 27.4 Å². The summed E-state index contributed by atoms with van der Waals surface area (Å²) in [7, 11) is -4.07. The minimum absolute atomic E-state index is 0.0831. The van der Waals surface area contributed by atoms with Crippen LogP contribution in [-0.4, -0.2) is 39.4 Å². The molecule has 0 unspecified atom stereocenters. The number of benzene rings is 1. The van der Waals surface area contributed by atoms with Gasteiger partial charge in [-0.15, -0.1) is 0 Å². The molecule has 0 spiro atoms. The summed E-state index contributed by atoms with van der Waals surface area (Å²) in [5.41, 5.74) is -0.801. The van der Waals surface area contributed by atoms with E-state index >= 15 is 0 Å². The molecule has 0 fully saturated rings. The van der Waals surface area contributed by atoms with Gasteiger partial charge in [0.05, 0.1) is 6.54 Å². The molecular formula is C14H19ClN2O6S. The average molecular weight is 379 g/mol. The molecule has 2 rings (SSSR count). The first kappa shape index (κ1) is 18.6. The Morgan fingerprint density at radius 2 is 2.08 bits per heavy atom. The van der Waals surface area contributed by atoms with Gasteiger partial charge >= 0.3 is 16.3 Å². The van der Waals surface area contributed by atoms with Gasteiger partial charge in [-0.25, -0.2) is 9.52 Å². The summed E-state index contributed by atoms with van der Waals surface area (Å²) in [6.07, 6.45) is -1.61. The molecule has 1 aliphatic heterocycles. The number of fused-ring (bicyclic) bond motifs is 1. The van der Waals surface area contributed by atoms with Crippen LogP contribution < -0.4 is 18.9 Å². The van der Waals surface area contributed by atoms with E-state index in [9.17, 15) is 13.2 Å². The molecule has 10 heteroatoms. The van der Waals surface area contributed by atoms with Crippen molar-refractivity contribution >= 4 is 27.9 Å². The molecule has 0 saturated carbocycles. The van der Waals surface area contributed by atoms with Crippen LogP contribution >= 0.6 is 11.6 Å². The van der Waals surface area contributed by atoms with Crippen LogP contribution in [0.5, 0.6) is 11.5 Å². The van der Waals surface area contributed by atoms with Crippen molar-refractivity contribution in [3.8, 4) is 11.5 Å². The molecule has 1 amide bonds. The van der Waals surface area contributed by atoms with Crippen LogP contribution in [0.3, 0.4) is 0 Å². The van der Waals surface area contributed by atoms with E-state index in [4.69, 9.17) is 25.8 Å². The lowest BCUT2D eigenvalue weighted by Crippen LogP contribution is -2.47. The van der Waals surface area contributed by atoms with E-state index in [1.54, 1.807) is 43.7 Å². The molecule has 24 heavy (non-hydrogen) atoms. The zero-order valence-electron chi connectivity index (χ0n) is 13.5. The van der Waals surface area contributed by atoms with E-state index < -0.39 is 28.0 Å². The number of hydrogen-bond donors (Lipinski definition) is 2. The quantitative estimate of drug-likeness (QED) is 0.828. The molecule has 2 N–H and O–H groups in total. The van der Waals surface area contributed by atoms with Gasteiger partial charge in [0.25, 0.3) is 0 Å². The standard InChI is InChI=1S/C14H19ClN2O6S/c1-14(2,3)23-13(18)17-24(19,20)16-7-10-8-21-12-6-9(15)4-5-11(12)22-10/h4-6,10,16H,7-8H2,1-3H3,(H,17,18)/t10-/m0/s1. The summed E-state index contributed by atoms with van der Waals surface area (Å²) in [5.74, 6) is 0.962. The normalized spacial score (nSPS) is 17.2. The highest BCUT2D eigenvalue weighted by Gasteiger charge is 2.25. The summed E-state index contributed by atoms with van der Waals surface area (Å²) < 4.78 is 43.6. The maximum atomic E-state index is 11.8. The minimum atomic E-state index is -4.07. The third kappa shape index (κ3) is 5.73. The van der Waals surface area contributed by atoms with E-state index in [-0.39, 0.29) is 13.2 Å². The predicted octanol–water partition coefficient (Wildman–Crippen LogP) is 1.84. The molecule has 1 heterocycles. The average Bonchev–Trinajstić information content (AvgIpc) is 2.42. The summed E-state index contributed by atoms with van der Waals surface area (Å²) in [5, 5.41) is 0.512. The Kier molecular flexibility index (Phi) is 5.46. The number of rotatable bonds is 4. The maximum Gasteiger partial charge on any atom is 0.422 e. The molecule has 134 valence electrons. The number of nitrogens with one attached hydrogen (secondary N) is 2. The highest BCUT2D eigenvalue weighted by atomic mass is 35.5. The van der Waals surface area contributed by atoms with Gasteiger partial charge in [-0.2, -0.15) is 13.1 Å². The third-order valence-electron chi connectivity index (χ3n) is 2.74. The summed E-state index contributed by atoms with van der Waals surface area (Å²) in [4.78, 5) is 11.5. The highest BCUT2D eigenvalue weighted by molar-refractivity contribution is 7.88. The molecule has 0 bridgehead atoms. The van der Waals surface area contributed by atoms with E-state index in [0.717, 1.165) is 0 Å². The second-order valence-corrected chi connectivity index (χ2v) is 8.03. The lowest BCUT2D eigenvalue weighted by molar-refractivity contribution is 0.0568. The lowest BCUT2D eigenvalue weighted by Gasteiger charge is -2.26. The van der Waals surface area contributed by atoms with Crippen LogP contribution in [0.4, 0.5) is 4.79 Å². The zero-order chi connectivity index (χ0) is 18.0. The number of carbonyl (C=O) groups is 1. The fourth-order valence-corrected chi connectivity index (χ4v) is 2.74. The van der Waals surface area contributed by atoms with E-state index in [1.807, 2.05) is 0 Å². The molecule has 1 atom stereocenters. The maximum absolute atomic E-state index is 11.8. The Morgan fingerprint density at radius 3 is 2.75 bits per heavy atom. The van der Waals surface area contributed by atoms with Crippen LogP contribution in [0.1, 0.15) is 20.8 Å². The van der Waals surface area contributed by atoms with Gasteiger partial charge in [-0.3, -0.25) is 0 Å². The van der Waals surface area contributed by atoms with E-state index in [1.165, 1.54) is 0 Å². The van der Waals surface area contributed by atoms with Crippen LogP contribution in [0.15, 0.2) is 18.2 Å². The smallest absolute Gasteiger partial charge is 0.422 e. The fraction of sp³-hybridized carbons (Fsp3) is 0.500. The monoisotopic (exact) mass is 378 g/mol. The van der Waals surface area contributed by atoms with Gasteiger partial charge in [0.2, 0.25) is 0 Å². The van der Waals surface area contributed by atoms with Crippen molar-refractivity contribution in [1.29, 1.82) is 0 Å². The molecule has 0 radical (unpaired) electrons. The number of ether oxygens (including phenoxy) is 3. The minimum Gasteiger partial charge on any atom is -0.486 e. The van der Waals surface area contributed by atoms with E-state index in [2.05, 4.69) is 4.72 Å². The van der Waals surface area contributed by atoms with Crippen LogP contribution in [-0.2, 0) is 14.9 Å².